The van der Waals surface area contributed by atoms with E-state index in [1.165, 1.54) is 0 Å². The predicted molar refractivity (Wildman–Crippen MR) is 9.30 cm³/mol. The number of alkyl halides is 3. The van der Waals surface area contributed by atoms with Crippen molar-refractivity contribution >= 4 is 0 Å². The zero-order valence-corrected chi connectivity index (χ0v) is 2.13. The fourth-order valence-electron chi connectivity index (χ4n) is 0. The van der Waals surface area contributed by atoms with E-state index in [0.29, 0.717) is 0 Å². The molecule has 0 N–H and O–H groups in total. The minimum absolute atomic E-state index is 4.75. The van der Waals surface area contributed by atoms with Gasteiger partial charge in [0.2, 0.25) is 0 Å². The molecule has 0 nitrogen and oxygen atoms in total. The molecule has 0 heterocycles. The average Bonchev–Trinajstić information content (AvgIpc) is 0.722. The van der Waals surface area contributed by atoms with Gasteiger partial charge in [-0.15, -0.1) is 0 Å². The maximum Gasteiger partial charge on any atom is 0.397 e. The highest BCUT2D eigenvalue weighted by atomic mass is 19.4. The molecule has 0 aliphatic heterocycles. The van der Waals surface area contributed by atoms with Gasteiger partial charge in [-0.3, -0.25) is 0 Å². The van der Waals surface area contributed by atoms with Crippen LogP contribution in [0.25, 0.3) is 0 Å². The Labute approximate surface area is 27.6 Å². The highest BCUT2D eigenvalue weighted by Gasteiger charge is 2.17. The fourth-order valence-corrected chi connectivity index (χ4v) is 0. The lowest BCUT2D eigenvalue weighted by Crippen LogP contribution is -1.96. The van der Waals surface area contributed by atoms with E-state index in [4.69, 9.17) is 6.92 Å². The van der Waals surface area contributed by atoms with Crippen LogP contribution in [-0.2, 0) is 0 Å². The summed E-state index contributed by atoms with van der Waals surface area (Å²) in [6.45, 7) is 4.94. The van der Waals surface area contributed by atoms with Gasteiger partial charge in [0.25, 0.3) is 0 Å². The van der Waals surface area contributed by atoms with Gasteiger partial charge < -0.3 is 0 Å². The molecule has 3 heteroatoms. The van der Waals surface area contributed by atoms with E-state index >= 15 is 0 Å². The Balaban J connectivity index is 3.02. The van der Waals surface area contributed by atoms with E-state index in [1.807, 2.05) is 0 Å². The molecule has 0 aromatic carbocycles. The molecule has 0 amide bonds. The summed E-state index contributed by atoms with van der Waals surface area (Å²) in [6.07, 6.45) is -4.75. The number of rotatable bonds is 0. The summed E-state index contributed by atoms with van der Waals surface area (Å²) >= 11 is 0. The van der Waals surface area contributed by atoms with Crippen molar-refractivity contribution in [1.29, 1.82) is 0 Å². The standard InChI is InChI=1S/C2F3/c1-2(3,4)5. The van der Waals surface area contributed by atoms with Gasteiger partial charge in [0.05, 0.1) is 0 Å². The minimum atomic E-state index is -4.75. The average molecular weight is 81.0 g/mol. The van der Waals surface area contributed by atoms with Crippen molar-refractivity contribution in [2.75, 3.05) is 0 Å². The first-order valence-corrected chi connectivity index (χ1v) is 0.817. The first kappa shape index (κ1) is 4.79. The van der Waals surface area contributed by atoms with Crippen LogP contribution in [0.4, 0.5) is 13.2 Å². The third-order valence-electron chi connectivity index (χ3n) is 0. The molecule has 29 valence electrons. The van der Waals surface area contributed by atoms with Crippen LogP contribution in [0.15, 0.2) is 0 Å². The van der Waals surface area contributed by atoms with Gasteiger partial charge in [0.1, 0.15) is 6.92 Å². The van der Waals surface area contributed by atoms with Crippen LogP contribution in [0.2, 0.25) is 0 Å². The minimum Gasteiger partial charge on any atom is -0.170 e. The summed E-state index contributed by atoms with van der Waals surface area (Å²) in [5.41, 5.74) is 0. The molecule has 0 atom stereocenters. The summed E-state index contributed by atoms with van der Waals surface area (Å²) in [6, 6.07) is 0. The van der Waals surface area contributed by atoms with E-state index in [9.17, 15) is 13.2 Å². The summed E-state index contributed by atoms with van der Waals surface area (Å²) in [4.78, 5) is 0. The Kier molecular flexibility index (Phi) is 0.843. The summed E-state index contributed by atoms with van der Waals surface area (Å²) in [5, 5.41) is 0. The molecule has 0 fully saturated rings. The number of hydrogen-bond donors (Lipinski definition) is 0. The zero-order valence-electron chi connectivity index (χ0n) is 2.13. The van der Waals surface area contributed by atoms with E-state index in [0.717, 1.165) is 0 Å². The molecule has 0 aromatic heterocycles. The Morgan fingerprint density at radius 3 is 1.20 bits per heavy atom. The lowest BCUT2D eigenvalue weighted by Gasteiger charge is -1.87. The van der Waals surface area contributed by atoms with Crippen LogP contribution in [-0.4, -0.2) is 6.18 Å². The maximum atomic E-state index is 10.0. The van der Waals surface area contributed by atoms with E-state index in [1.54, 1.807) is 0 Å². The molecule has 0 bridgehead atoms. The second-order valence-corrected chi connectivity index (χ2v) is 0.498. The van der Waals surface area contributed by atoms with E-state index in [-0.39, 0.29) is 0 Å². The Morgan fingerprint density at radius 2 is 1.20 bits per heavy atom. The SMILES string of the molecule is [C]C(F)(F)F. The third-order valence-corrected chi connectivity index (χ3v) is 0. The smallest absolute Gasteiger partial charge is 0.170 e. The quantitative estimate of drug-likeness (QED) is 0.410. The maximum absolute atomic E-state index is 10.0. The molecule has 0 saturated carbocycles. The largest absolute Gasteiger partial charge is 0.397 e. The molecular weight excluding hydrogens is 81.0 g/mol. The van der Waals surface area contributed by atoms with Gasteiger partial charge in [0.15, 0.2) is 0 Å². The molecule has 5 heavy (non-hydrogen) atoms. The van der Waals surface area contributed by atoms with Crippen LogP contribution in [0, 0.1) is 6.92 Å². The normalized spacial score (nSPS) is 12.0. The van der Waals surface area contributed by atoms with Crippen molar-refractivity contribution in [2.24, 2.45) is 0 Å². The Hall–Kier alpha value is -0.210. The summed E-state index contributed by atoms with van der Waals surface area (Å²) < 4.78 is 30.1. The Bertz CT molecular complexity index is 20.4. The number of halogens is 3. The third kappa shape index (κ3) is 275. The van der Waals surface area contributed by atoms with Crippen LogP contribution in [0.5, 0.6) is 0 Å². The van der Waals surface area contributed by atoms with Gasteiger partial charge >= 0.3 is 6.18 Å². The van der Waals surface area contributed by atoms with Crippen LogP contribution < -0.4 is 0 Å². The van der Waals surface area contributed by atoms with Crippen molar-refractivity contribution in [1.82, 2.24) is 0 Å². The van der Waals surface area contributed by atoms with Gasteiger partial charge in [-0.25, -0.2) is 0 Å². The molecule has 0 saturated heterocycles. The van der Waals surface area contributed by atoms with Gasteiger partial charge in [0, 0.05) is 0 Å². The molecule has 3 radical (unpaired) electrons. The first-order valence-electron chi connectivity index (χ1n) is 0.817. The van der Waals surface area contributed by atoms with Gasteiger partial charge in [-0.2, -0.15) is 13.2 Å². The van der Waals surface area contributed by atoms with E-state index in [2.05, 4.69) is 0 Å². The predicted octanol–water partition coefficient (Wildman–Crippen LogP) is 1.14. The van der Waals surface area contributed by atoms with E-state index < -0.39 is 6.18 Å². The van der Waals surface area contributed by atoms with Gasteiger partial charge in [-0.05, 0) is 0 Å². The molecule has 0 spiro atoms. The summed E-state index contributed by atoms with van der Waals surface area (Å²) in [5.74, 6) is 0. The fraction of sp³-hybridized carbons (Fsp3) is 0.500. The van der Waals surface area contributed by atoms with Gasteiger partial charge in [-0.1, -0.05) is 0 Å². The first-order chi connectivity index (χ1) is 2.00. The zero-order chi connectivity index (χ0) is 4.50. The molecule has 0 aliphatic rings. The molecular formula is C2F3. The molecule has 0 unspecified atom stereocenters. The Morgan fingerprint density at radius 1 is 1.20 bits per heavy atom. The van der Waals surface area contributed by atoms with Crippen molar-refractivity contribution in [3.63, 3.8) is 0 Å². The molecule has 0 aliphatic carbocycles. The highest BCUT2D eigenvalue weighted by molar-refractivity contribution is 4.45. The van der Waals surface area contributed by atoms with Crippen LogP contribution in [0.1, 0.15) is 0 Å². The topological polar surface area (TPSA) is 0 Å². The lowest BCUT2D eigenvalue weighted by molar-refractivity contribution is -0.0829. The highest BCUT2D eigenvalue weighted by Crippen LogP contribution is 2.09. The van der Waals surface area contributed by atoms with Crippen molar-refractivity contribution in [3.05, 3.63) is 6.92 Å². The number of hydrogen-bond acceptors (Lipinski definition) is 0. The molecule has 0 rings (SSSR count). The van der Waals surface area contributed by atoms with Crippen molar-refractivity contribution < 1.29 is 13.2 Å². The monoisotopic (exact) mass is 81.0 g/mol. The van der Waals surface area contributed by atoms with Crippen LogP contribution >= 0.6 is 0 Å². The summed E-state index contributed by atoms with van der Waals surface area (Å²) in [7, 11) is 0. The lowest BCUT2D eigenvalue weighted by atomic mass is 10.8. The molecule has 0 aromatic rings. The second-order valence-electron chi connectivity index (χ2n) is 0.498. The van der Waals surface area contributed by atoms with Crippen molar-refractivity contribution in [3.8, 4) is 0 Å². The van der Waals surface area contributed by atoms with Crippen molar-refractivity contribution in [2.45, 2.75) is 6.18 Å². The second kappa shape index (κ2) is 0.880. The van der Waals surface area contributed by atoms with Crippen LogP contribution in [0.3, 0.4) is 0 Å².